The smallest absolute Gasteiger partial charge is 0.339 e. The lowest BCUT2D eigenvalue weighted by Crippen LogP contribution is -2.03. The van der Waals surface area contributed by atoms with Gasteiger partial charge in [0.05, 0.1) is 24.4 Å². The van der Waals surface area contributed by atoms with Crippen molar-refractivity contribution in [3.8, 4) is 23.3 Å². The zero-order chi connectivity index (χ0) is 15.4. The molecule has 2 aromatic rings. The molecule has 0 aliphatic rings. The van der Waals surface area contributed by atoms with Crippen molar-refractivity contribution in [1.29, 1.82) is 5.26 Å². The molecule has 0 saturated carbocycles. The molecule has 0 saturated heterocycles. The van der Waals surface area contributed by atoms with Gasteiger partial charge in [0.2, 0.25) is 0 Å². The number of aromatic carboxylic acids is 1. The summed E-state index contributed by atoms with van der Waals surface area (Å²) in [5, 5.41) is 18.1. The van der Waals surface area contributed by atoms with Gasteiger partial charge in [0, 0.05) is 6.07 Å². The molecule has 6 nitrogen and oxygen atoms in total. The number of para-hydroxylation sites is 1. The molecule has 2 rings (SSSR count). The number of nitrogens with two attached hydrogens (primary N) is 1. The number of hydrogen-bond acceptors (Lipinski definition) is 5. The van der Waals surface area contributed by atoms with Crippen molar-refractivity contribution < 1.29 is 19.4 Å². The molecule has 6 heteroatoms. The van der Waals surface area contributed by atoms with E-state index in [-0.39, 0.29) is 22.7 Å². The molecule has 0 radical (unpaired) electrons. The van der Waals surface area contributed by atoms with Gasteiger partial charge in [-0.3, -0.25) is 0 Å². The van der Waals surface area contributed by atoms with Crippen LogP contribution in [0.25, 0.3) is 0 Å². The number of hydrogen-bond donors (Lipinski definition) is 2. The number of methoxy groups -OCH3 is 1. The lowest BCUT2D eigenvalue weighted by molar-refractivity contribution is 0.0694. The Labute approximate surface area is 120 Å². The third kappa shape index (κ3) is 3.04. The molecular formula is C15H12N2O4. The first-order chi connectivity index (χ1) is 10.0. The van der Waals surface area contributed by atoms with Crippen molar-refractivity contribution in [1.82, 2.24) is 0 Å². The third-order valence-electron chi connectivity index (χ3n) is 2.74. The predicted octanol–water partition coefficient (Wildman–Crippen LogP) is 2.64. The van der Waals surface area contributed by atoms with E-state index in [2.05, 4.69) is 0 Å². The number of benzene rings is 2. The summed E-state index contributed by atoms with van der Waals surface area (Å²) in [5.41, 5.74) is 6.22. The van der Waals surface area contributed by atoms with Gasteiger partial charge in [-0.2, -0.15) is 5.26 Å². The first-order valence-electron chi connectivity index (χ1n) is 5.94. The average Bonchev–Trinajstić information content (AvgIpc) is 2.48. The number of nitriles is 1. The molecule has 0 atom stereocenters. The van der Waals surface area contributed by atoms with E-state index < -0.39 is 5.97 Å². The van der Waals surface area contributed by atoms with E-state index in [0.717, 1.165) is 0 Å². The molecule has 0 fully saturated rings. The standard InChI is InChI=1S/C15H12N2O4/c1-20-10-5-9(8-16)6-11(7-10)21-14-12(15(18)19)3-2-4-13(14)17/h2-7H,17H2,1H3,(H,18,19). The molecule has 0 aliphatic heterocycles. The zero-order valence-corrected chi connectivity index (χ0v) is 11.2. The van der Waals surface area contributed by atoms with Gasteiger partial charge in [0.15, 0.2) is 5.75 Å². The molecule has 106 valence electrons. The minimum Gasteiger partial charge on any atom is -0.497 e. The number of ether oxygens (including phenoxy) is 2. The van der Waals surface area contributed by atoms with E-state index in [1.165, 1.54) is 31.4 Å². The zero-order valence-electron chi connectivity index (χ0n) is 11.2. The maximum absolute atomic E-state index is 11.2. The Morgan fingerprint density at radius 2 is 2.00 bits per heavy atom. The molecule has 0 amide bonds. The van der Waals surface area contributed by atoms with Crippen LogP contribution >= 0.6 is 0 Å². The normalized spacial score (nSPS) is 9.71. The van der Waals surface area contributed by atoms with Crippen LogP contribution < -0.4 is 15.2 Å². The van der Waals surface area contributed by atoms with Crippen LogP contribution in [0.3, 0.4) is 0 Å². The Bertz CT molecular complexity index is 735. The Balaban J connectivity index is 2.48. The van der Waals surface area contributed by atoms with E-state index in [1.54, 1.807) is 12.1 Å². The molecule has 0 aliphatic carbocycles. The average molecular weight is 284 g/mol. The van der Waals surface area contributed by atoms with E-state index in [9.17, 15) is 4.79 Å². The summed E-state index contributed by atoms with van der Waals surface area (Å²) in [6.45, 7) is 0. The Hall–Kier alpha value is -3.20. The van der Waals surface area contributed by atoms with Crippen LogP contribution in [0, 0.1) is 11.3 Å². The summed E-state index contributed by atoms with van der Waals surface area (Å²) in [4.78, 5) is 11.2. The number of carbonyl (C=O) groups is 1. The highest BCUT2D eigenvalue weighted by Crippen LogP contribution is 2.33. The first-order valence-corrected chi connectivity index (χ1v) is 5.94. The molecule has 21 heavy (non-hydrogen) atoms. The Kier molecular flexibility index (Phi) is 3.95. The molecule has 0 bridgehead atoms. The second-order valence-electron chi connectivity index (χ2n) is 4.14. The molecule has 2 aromatic carbocycles. The van der Waals surface area contributed by atoms with Gasteiger partial charge >= 0.3 is 5.97 Å². The van der Waals surface area contributed by atoms with E-state index in [4.69, 9.17) is 25.6 Å². The summed E-state index contributed by atoms with van der Waals surface area (Å²) in [6, 6.07) is 11.0. The van der Waals surface area contributed by atoms with E-state index in [1.807, 2.05) is 6.07 Å². The lowest BCUT2D eigenvalue weighted by Gasteiger charge is -2.12. The van der Waals surface area contributed by atoms with Gasteiger partial charge in [-0.25, -0.2) is 4.79 Å². The molecular weight excluding hydrogens is 272 g/mol. The van der Waals surface area contributed by atoms with Gasteiger partial charge in [0.25, 0.3) is 0 Å². The fourth-order valence-corrected chi connectivity index (χ4v) is 1.77. The van der Waals surface area contributed by atoms with Crippen LogP contribution in [0.1, 0.15) is 15.9 Å². The highest BCUT2D eigenvalue weighted by atomic mass is 16.5. The quantitative estimate of drug-likeness (QED) is 0.836. The van der Waals surface area contributed by atoms with Gasteiger partial charge in [-0.15, -0.1) is 0 Å². The second-order valence-corrected chi connectivity index (χ2v) is 4.14. The number of carboxylic acids is 1. The summed E-state index contributed by atoms with van der Waals surface area (Å²) < 4.78 is 10.6. The number of anilines is 1. The van der Waals surface area contributed by atoms with Crippen LogP contribution in [-0.4, -0.2) is 18.2 Å². The fraction of sp³-hybridized carbons (Fsp3) is 0.0667. The topological polar surface area (TPSA) is 106 Å². The van der Waals surface area contributed by atoms with Crippen molar-refractivity contribution in [2.75, 3.05) is 12.8 Å². The van der Waals surface area contributed by atoms with Gasteiger partial charge in [-0.05, 0) is 24.3 Å². The minimum atomic E-state index is -1.15. The fourth-order valence-electron chi connectivity index (χ4n) is 1.77. The summed E-state index contributed by atoms with van der Waals surface area (Å²) in [7, 11) is 1.46. The van der Waals surface area contributed by atoms with Gasteiger partial charge in [0.1, 0.15) is 17.1 Å². The maximum Gasteiger partial charge on any atom is 0.339 e. The largest absolute Gasteiger partial charge is 0.497 e. The maximum atomic E-state index is 11.2. The number of rotatable bonds is 4. The predicted molar refractivity (Wildman–Crippen MR) is 75.6 cm³/mol. The SMILES string of the molecule is COc1cc(C#N)cc(Oc2c(N)cccc2C(=O)O)c1. The number of nitrogen functional groups attached to an aromatic ring is 1. The second kappa shape index (κ2) is 5.84. The van der Waals surface area contributed by atoms with E-state index in [0.29, 0.717) is 11.3 Å². The van der Waals surface area contributed by atoms with Crippen LogP contribution in [0.15, 0.2) is 36.4 Å². The number of nitrogens with zero attached hydrogens (tertiary/aromatic N) is 1. The Morgan fingerprint density at radius 1 is 1.29 bits per heavy atom. The van der Waals surface area contributed by atoms with Crippen LogP contribution in [0.5, 0.6) is 17.2 Å². The van der Waals surface area contributed by atoms with Crippen LogP contribution in [0.2, 0.25) is 0 Å². The van der Waals surface area contributed by atoms with Crippen molar-refractivity contribution >= 4 is 11.7 Å². The first kappa shape index (κ1) is 14.2. The highest BCUT2D eigenvalue weighted by Gasteiger charge is 2.15. The van der Waals surface area contributed by atoms with Crippen molar-refractivity contribution in [2.45, 2.75) is 0 Å². The van der Waals surface area contributed by atoms with Crippen molar-refractivity contribution in [3.05, 3.63) is 47.5 Å². The van der Waals surface area contributed by atoms with Gasteiger partial charge in [-0.1, -0.05) is 6.07 Å². The third-order valence-corrected chi connectivity index (χ3v) is 2.74. The molecule has 0 spiro atoms. The monoisotopic (exact) mass is 284 g/mol. The molecule has 0 aromatic heterocycles. The molecule has 0 unspecified atom stereocenters. The lowest BCUT2D eigenvalue weighted by atomic mass is 10.1. The van der Waals surface area contributed by atoms with Crippen LogP contribution in [0.4, 0.5) is 5.69 Å². The van der Waals surface area contributed by atoms with Crippen LogP contribution in [-0.2, 0) is 0 Å². The summed E-state index contributed by atoms with van der Waals surface area (Å²) >= 11 is 0. The minimum absolute atomic E-state index is 0.0298. The van der Waals surface area contributed by atoms with Crippen molar-refractivity contribution in [3.63, 3.8) is 0 Å². The Morgan fingerprint density at radius 3 is 2.62 bits per heavy atom. The molecule has 3 N–H and O–H groups in total. The van der Waals surface area contributed by atoms with Gasteiger partial charge < -0.3 is 20.3 Å². The van der Waals surface area contributed by atoms with Crippen molar-refractivity contribution in [2.24, 2.45) is 0 Å². The summed E-state index contributed by atoms with van der Waals surface area (Å²) in [6.07, 6.45) is 0. The van der Waals surface area contributed by atoms with E-state index >= 15 is 0 Å². The molecule has 0 heterocycles. The highest BCUT2D eigenvalue weighted by molar-refractivity contribution is 5.93. The number of carboxylic acid groups (broad SMARTS) is 1. The summed E-state index contributed by atoms with van der Waals surface area (Å²) in [5.74, 6) is -0.426.